The molecule has 0 spiro atoms. The number of para-hydroxylation sites is 1. The van der Waals surface area contributed by atoms with E-state index in [1.165, 1.54) is 19.3 Å². The molecule has 3 rings (SSSR count). The van der Waals surface area contributed by atoms with Crippen LogP contribution in [0.5, 0.6) is 5.75 Å². The Morgan fingerprint density at radius 3 is 2.74 bits per heavy atom. The van der Waals surface area contributed by atoms with Crippen LogP contribution in [-0.4, -0.2) is 59.3 Å². The van der Waals surface area contributed by atoms with Gasteiger partial charge in [0, 0.05) is 30.6 Å². The Bertz CT molecular complexity index is 700. The van der Waals surface area contributed by atoms with E-state index in [4.69, 9.17) is 4.74 Å². The summed E-state index contributed by atoms with van der Waals surface area (Å²) in [5.74, 6) is 0.858. The van der Waals surface area contributed by atoms with Crippen LogP contribution in [0.25, 0.3) is 0 Å². The van der Waals surface area contributed by atoms with Crippen molar-refractivity contribution < 1.29 is 9.84 Å². The molecule has 1 fully saturated rings. The standard InChI is InChI=1S/C21H31N3O2S/c1-17-22-19(16-27-17)13-23(2)12-18-8-4-5-9-21(18)26-15-20(25)14-24-10-6-3-7-11-24/h4-5,8-9,16,20,25H,3,6-7,10-15H2,1-2H3/t20-/m0/s1. The van der Waals surface area contributed by atoms with E-state index in [-0.39, 0.29) is 0 Å². The summed E-state index contributed by atoms with van der Waals surface area (Å²) in [5, 5.41) is 13.6. The molecule has 2 heterocycles. The molecule has 0 bridgehead atoms. The minimum atomic E-state index is -0.452. The predicted molar refractivity (Wildman–Crippen MR) is 110 cm³/mol. The van der Waals surface area contributed by atoms with Gasteiger partial charge in [0.15, 0.2) is 0 Å². The van der Waals surface area contributed by atoms with Crippen LogP contribution in [0.4, 0.5) is 0 Å². The Balaban J connectivity index is 1.50. The van der Waals surface area contributed by atoms with E-state index < -0.39 is 6.10 Å². The second-order valence-electron chi connectivity index (χ2n) is 7.46. The number of hydrogen-bond donors (Lipinski definition) is 1. The van der Waals surface area contributed by atoms with Crippen LogP contribution in [-0.2, 0) is 13.1 Å². The van der Waals surface area contributed by atoms with Crippen molar-refractivity contribution in [3.63, 3.8) is 0 Å². The molecule has 148 valence electrons. The van der Waals surface area contributed by atoms with Gasteiger partial charge in [-0.1, -0.05) is 24.6 Å². The second kappa shape index (κ2) is 10.2. The van der Waals surface area contributed by atoms with Crippen molar-refractivity contribution in [1.82, 2.24) is 14.8 Å². The van der Waals surface area contributed by atoms with Gasteiger partial charge in [-0.25, -0.2) is 4.98 Å². The molecule has 0 radical (unpaired) electrons. The van der Waals surface area contributed by atoms with Gasteiger partial charge in [-0.3, -0.25) is 4.90 Å². The van der Waals surface area contributed by atoms with Gasteiger partial charge in [-0.2, -0.15) is 0 Å². The first-order valence-corrected chi connectivity index (χ1v) is 10.7. The van der Waals surface area contributed by atoms with Gasteiger partial charge >= 0.3 is 0 Å². The number of benzene rings is 1. The molecule has 27 heavy (non-hydrogen) atoms. The van der Waals surface area contributed by atoms with Crippen molar-refractivity contribution in [2.24, 2.45) is 0 Å². The highest BCUT2D eigenvalue weighted by atomic mass is 32.1. The fraction of sp³-hybridized carbons (Fsp3) is 0.571. The highest BCUT2D eigenvalue weighted by Gasteiger charge is 2.16. The maximum Gasteiger partial charge on any atom is 0.123 e. The zero-order chi connectivity index (χ0) is 19.1. The largest absolute Gasteiger partial charge is 0.491 e. The average molecular weight is 390 g/mol. The number of β-amino-alcohol motifs (C(OH)–C–C–N with tert-alkyl or cyclic N) is 1. The highest BCUT2D eigenvalue weighted by Crippen LogP contribution is 2.21. The molecular weight excluding hydrogens is 358 g/mol. The number of rotatable bonds is 9. The average Bonchev–Trinajstić information content (AvgIpc) is 3.06. The number of ether oxygens (including phenoxy) is 1. The van der Waals surface area contributed by atoms with E-state index in [1.807, 2.05) is 25.1 Å². The summed E-state index contributed by atoms with van der Waals surface area (Å²) in [6.45, 7) is 6.86. The number of likely N-dealkylation sites (tertiary alicyclic amines) is 1. The number of aromatic nitrogens is 1. The Kier molecular flexibility index (Phi) is 7.64. The fourth-order valence-electron chi connectivity index (χ4n) is 3.56. The van der Waals surface area contributed by atoms with Crippen LogP contribution in [0.3, 0.4) is 0 Å². The molecule has 2 aromatic rings. The molecule has 1 aliphatic heterocycles. The van der Waals surface area contributed by atoms with Crippen molar-refractivity contribution in [3.05, 3.63) is 45.9 Å². The lowest BCUT2D eigenvalue weighted by molar-refractivity contribution is 0.0612. The smallest absolute Gasteiger partial charge is 0.123 e. The summed E-state index contributed by atoms with van der Waals surface area (Å²) < 4.78 is 5.98. The van der Waals surface area contributed by atoms with Crippen LogP contribution in [0.15, 0.2) is 29.6 Å². The summed E-state index contributed by atoms with van der Waals surface area (Å²) in [6.07, 6.45) is 3.33. The molecular formula is C21H31N3O2S. The van der Waals surface area contributed by atoms with E-state index in [0.29, 0.717) is 13.2 Å². The molecule has 1 aromatic heterocycles. The fourth-order valence-corrected chi connectivity index (χ4v) is 4.16. The van der Waals surface area contributed by atoms with E-state index in [1.54, 1.807) is 11.3 Å². The Hall–Kier alpha value is -1.47. The lowest BCUT2D eigenvalue weighted by atomic mass is 10.1. The molecule has 6 heteroatoms. The Morgan fingerprint density at radius 2 is 2.00 bits per heavy atom. The SMILES string of the molecule is Cc1nc(CN(C)Cc2ccccc2OC[C@@H](O)CN2CCCCC2)cs1. The van der Waals surface area contributed by atoms with Crippen LogP contribution in [0.2, 0.25) is 0 Å². The quantitative estimate of drug-likeness (QED) is 0.713. The summed E-state index contributed by atoms with van der Waals surface area (Å²) in [6, 6.07) is 8.10. The zero-order valence-electron chi connectivity index (χ0n) is 16.4. The van der Waals surface area contributed by atoms with E-state index in [0.717, 1.165) is 48.2 Å². The number of aliphatic hydroxyl groups is 1. The third kappa shape index (κ3) is 6.57. The first-order valence-electron chi connectivity index (χ1n) is 9.81. The zero-order valence-corrected chi connectivity index (χ0v) is 17.2. The molecule has 0 aliphatic carbocycles. The van der Waals surface area contributed by atoms with Crippen LogP contribution < -0.4 is 4.74 Å². The third-order valence-corrected chi connectivity index (χ3v) is 5.68. The minimum Gasteiger partial charge on any atom is -0.491 e. The van der Waals surface area contributed by atoms with Crippen LogP contribution >= 0.6 is 11.3 Å². The van der Waals surface area contributed by atoms with Crippen molar-refractivity contribution >= 4 is 11.3 Å². The number of nitrogens with zero attached hydrogens (tertiary/aromatic N) is 3. The summed E-state index contributed by atoms with van der Waals surface area (Å²) in [7, 11) is 2.09. The topological polar surface area (TPSA) is 48.8 Å². The molecule has 1 aromatic carbocycles. The number of hydrogen-bond acceptors (Lipinski definition) is 6. The highest BCUT2D eigenvalue weighted by molar-refractivity contribution is 7.09. The monoisotopic (exact) mass is 389 g/mol. The van der Waals surface area contributed by atoms with Crippen LogP contribution in [0.1, 0.15) is 35.5 Å². The molecule has 1 N–H and O–H groups in total. The van der Waals surface area contributed by atoms with Gasteiger partial charge in [0.05, 0.1) is 10.7 Å². The molecule has 0 unspecified atom stereocenters. The number of aryl methyl sites for hydroxylation is 1. The summed E-state index contributed by atoms with van der Waals surface area (Å²) >= 11 is 1.69. The maximum atomic E-state index is 10.3. The summed E-state index contributed by atoms with van der Waals surface area (Å²) in [4.78, 5) is 9.11. The normalized spacial score (nSPS) is 16.6. The second-order valence-corrected chi connectivity index (χ2v) is 8.53. The number of aliphatic hydroxyl groups excluding tert-OH is 1. The first kappa shape index (κ1) is 20.3. The lowest BCUT2D eigenvalue weighted by Crippen LogP contribution is -2.38. The molecule has 0 saturated carbocycles. The predicted octanol–water partition coefficient (Wildman–Crippen LogP) is 3.31. The van der Waals surface area contributed by atoms with E-state index in [9.17, 15) is 5.11 Å². The van der Waals surface area contributed by atoms with Gasteiger partial charge in [0.2, 0.25) is 0 Å². The third-order valence-electron chi connectivity index (χ3n) is 4.86. The number of piperidine rings is 1. The molecule has 1 saturated heterocycles. The first-order chi connectivity index (χ1) is 13.1. The minimum absolute atomic E-state index is 0.336. The van der Waals surface area contributed by atoms with Gasteiger partial charge in [0.1, 0.15) is 18.5 Å². The number of thiazole rings is 1. The van der Waals surface area contributed by atoms with Gasteiger partial charge in [-0.15, -0.1) is 11.3 Å². The lowest BCUT2D eigenvalue weighted by Gasteiger charge is -2.28. The van der Waals surface area contributed by atoms with Gasteiger partial charge < -0.3 is 14.7 Å². The van der Waals surface area contributed by atoms with Crippen molar-refractivity contribution in [2.75, 3.05) is 33.3 Å². The van der Waals surface area contributed by atoms with Gasteiger partial charge in [0.25, 0.3) is 0 Å². The molecule has 1 aliphatic rings. The molecule has 0 amide bonds. The molecule has 5 nitrogen and oxygen atoms in total. The van der Waals surface area contributed by atoms with E-state index >= 15 is 0 Å². The van der Waals surface area contributed by atoms with Crippen LogP contribution in [0, 0.1) is 6.92 Å². The Morgan fingerprint density at radius 1 is 1.22 bits per heavy atom. The van der Waals surface area contributed by atoms with Crippen molar-refractivity contribution in [3.8, 4) is 5.75 Å². The Labute approximate surface area is 166 Å². The van der Waals surface area contributed by atoms with E-state index in [2.05, 4.69) is 33.3 Å². The maximum absolute atomic E-state index is 10.3. The van der Waals surface area contributed by atoms with Crippen molar-refractivity contribution in [1.29, 1.82) is 0 Å². The summed E-state index contributed by atoms with van der Waals surface area (Å²) in [5.41, 5.74) is 2.24. The van der Waals surface area contributed by atoms with Crippen molar-refractivity contribution in [2.45, 2.75) is 45.4 Å². The molecule has 1 atom stereocenters. The van der Waals surface area contributed by atoms with Gasteiger partial charge in [-0.05, 0) is 46.0 Å².